The van der Waals surface area contributed by atoms with Gasteiger partial charge in [0.05, 0.1) is 6.54 Å². The van der Waals surface area contributed by atoms with Gasteiger partial charge in [-0.15, -0.1) is 0 Å². The number of nitrogens with zero attached hydrogens (tertiary/aromatic N) is 2. The largest absolute Gasteiger partial charge is 0.511 e. The van der Waals surface area contributed by atoms with Crippen LogP contribution >= 0.6 is 0 Å². The molecule has 0 aliphatic carbocycles. The van der Waals surface area contributed by atoms with E-state index < -0.39 is 15.5 Å². The summed E-state index contributed by atoms with van der Waals surface area (Å²) in [6.07, 6.45) is 0.507. The number of aliphatic imine (C=N–C) groups is 1. The summed E-state index contributed by atoms with van der Waals surface area (Å²) >= 11 is 0. The van der Waals surface area contributed by atoms with Crippen LogP contribution in [-0.4, -0.2) is 56.7 Å². The van der Waals surface area contributed by atoms with E-state index in [1.54, 1.807) is 0 Å². The molecule has 0 saturated carbocycles. The number of hydrogen-bond acceptors (Lipinski definition) is 5. The summed E-state index contributed by atoms with van der Waals surface area (Å²) in [7, 11) is -5.28. The molecule has 0 bridgehead atoms. The third-order valence-electron chi connectivity index (χ3n) is 4.63. The second-order valence-electron chi connectivity index (χ2n) is 6.65. The lowest BCUT2D eigenvalue weighted by Crippen LogP contribution is -2.51. The zero-order chi connectivity index (χ0) is 21.1. The smallest absolute Gasteiger partial charge is 0.454 e. The molecule has 1 fully saturated rings. The van der Waals surface area contributed by atoms with E-state index in [0.717, 1.165) is 5.56 Å². The number of piperidine rings is 1. The predicted molar refractivity (Wildman–Crippen MR) is 100 cm³/mol. The van der Waals surface area contributed by atoms with Crippen LogP contribution in [0.2, 0.25) is 0 Å². The molecule has 0 unspecified atom stereocenters. The number of halogens is 3. The number of hydrogen-bond donors (Lipinski definition) is 2. The van der Waals surface area contributed by atoms with Crippen molar-refractivity contribution in [2.24, 2.45) is 4.99 Å². The van der Waals surface area contributed by atoms with E-state index in [1.807, 2.05) is 25.1 Å². The summed E-state index contributed by atoms with van der Waals surface area (Å²) in [5.41, 5.74) is -4.36. The molecular formula is C17H23F3N4O4S. The van der Waals surface area contributed by atoms with Gasteiger partial charge in [0, 0.05) is 25.7 Å². The van der Waals surface area contributed by atoms with Crippen molar-refractivity contribution in [3.63, 3.8) is 0 Å². The molecule has 12 heteroatoms. The summed E-state index contributed by atoms with van der Waals surface area (Å²) in [5, 5.41) is 6.26. The predicted octanol–water partition coefficient (Wildman–Crippen LogP) is 1.78. The fourth-order valence-corrected chi connectivity index (χ4v) is 4.09. The zero-order valence-electron chi connectivity index (χ0n) is 15.8. The highest BCUT2D eigenvalue weighted by Crippen LogP contribution is 2.32. The van der Waals surface area contributed by atoms with Gasteiger partial charge in [-0.3, -0.25) is 0 Å². The van der Waals surface area contributed by atoms with Crippen LogP contribution in [-0.2, 0) is 16.6 Å². The van der Waals surface area contributed by atoms with Crippen molar-refractivity contribution in [1.82, 2.24) is 14.9 Å². The third-order valence-corrected chi connectivity index (χ3v) is 6.26. The molecule has 0 spiro atoms. The Kier molecular flexibility index (Phi) is 6.42. The fourth-order valence-electron chi connectivity index (χ4n) is 3.11. The number of alkyl halides is 3. The molecule has 0 amide bonds. The number of ether oxygens (including phenoxy) is 2. The molecule has 2 N–H and O–H groups in total. The summed E-state index contributed by atoms with van der Waals surface area (Å²) in [5.74, 6) is 1.86. The highest BCUT2D eigenvalue weighted by atomic mass is 32.2. The van der Waals surface area contributed by atoms with Crippen LogP contribution in [0.4, 0.5) is 13.2 Å². The Morgan fingerprint density at radius 3 is 2.59 bits per heavy atom. The van der Waals surface area contributed by atoms with E-state index in [2.05, 4.69) is 15.6 Å². The molecule has 3 rings (SSSR count). The topological polar surface area (TPSA) is 92.3 Å². The van der Waals surface area contributed by atoms with E-state index >= 15 is 0 Å². The van der Waals surface area contributed by atoms with E-state index in [-0.39, 0.29) is 38.8 Å². The van der Waals surface area contributed by atoms with Crippen molar-refractivity contribution in [3.8, 4) is 11.5 Å². The lowest BCUT2D eigenvalue weighted by Gasteiger charge is -2.32. The minimum Gasteiger partial charge on any atom is -0.454 e. The van der Waals surface area contributed by atoms with Crippen LogP contribution in [0.25, 0.3) is 0 Å². The van der Waals surface area contributed by atoms with Gasteiger partial charge in [0.15, 0.2) is 17.5 Å². The van der Waals surface area contributed by atoms with E-state index in [9.17, 15) is 21.6 Å². The molecule has 8 nitrogen and oxygen atoms in total. The number of guanidine groups is 1. The van der Waals surface area contributed by atoms with Crippen LogP contribution < -0.4 is 20.1 Å². The summed E-state index contributed by atoms with van der Waals surface area (Å²) in [6.45, 7) is 2.68. The number of rotatable bonds is 5. The first kappa shape index (κ1) is 21.5. The van der Waals surface area contributed by atoms with Crippen molar-refractivity contribution in [2.75, 3.05) is 26.4 Å². The number of benzene rings is 1. The van der Waals surface area contributed by atoms with Crippen molar-refractivity contribution < 1.29 is 31.1 Å². The lowest BCUT2D eigenvalue weighted by atomic mass is 10.1. The maximum atomic E-state index is 12.7. The van der Waals surface area contributed by atoms with E-state index in [1.165, 1.54) is 0 Å². The van der Waals surface area contributed by atoms with Gasteiger partial charge in [0.25, 0.3) is 0 Å². The Hall–Kier alpha value is -2.21. The molecule has 0 aromatic heterocycles. The van der Waals surface area contributed by atoms with Crippen LogP contribution in [0.3, 0.4) is 0 Å². The first-order valence-corrected chi connectivity index (χ1v) is 10.6. The Labute approximate surface area is 167 Å². The molecule has 2 heterocycles. The van der Waals surface area contributed by atoms with Gasteiger partial charge in [-0.05, 0) is 37.5 Å². The Bertz CT molecular complexity index is 853. The van der Waals surface area contributed by atoms with Gasteiger partial charge >= 0.3 is 15.5 Å². The molecular weight excluding hydrogens is 413 g/mol. The van der Waals surface area contributed by atoms with Crippen molar-refractivity contribution in [1.29, 1.82) is 0 Å². The van der Waals surface area contributed by atoms with Crippen LogP contribution in [0.15, 0.2) is 23.2 Å². The molecule has 162 valence electrons. The maximum absolute atomic E-state index is 12.7. The fraction of sp³-hybridized carbons (Fsp3) is 0.588. The van der Waals surface area contributed by atoms with Crippen molar-refractivity contribution >= 4 is 16.0 Å². The standard InChI is InChI=1S/C17H23F3N4O4S/c1-2-21-16(22-10-12-3-4-14-15(9-12)28-11-27-14)23-13-5-7-24(8-6-13)29(25,26)17(18,19)20/h3-4,9,13H,2,5-8,10-11H2,1H3,(H2,21,22,23). The lowest BCUT2D eigenvalue weighted by molar-refractivity contribution is -0.0494. The molecule has 29 heavy (non-hydrogen) atoms. The molecule has 0 radical (unpaired) electrons. The van der Waals surface area contributed by atoms with Crippen LogP contribution in [0.1, 0.15) is 25.3 Å². The minimum atomic E-state index is -5.28. The number of nitrogens with one attached hydrogen (secondary N) is 2. The quantitative estimate of drug-likeness (QED) is 0.540. The van der Waals surface area contributed by atoms with Gasteiger partial charge in [-0.2, -0.15) is 17.5 Å². The van der Waals surface area contributed by atoms with Crippen LogP contribution in [0, 0.1) is 0 Å². The SMILES string of the molecule is CCNC(=NCc1ccc2c(c1)OCO2)NC1CCN(S(=O)(=O)C(F)(F)F)CC1. The molecule has 2 aliphatic rings. The van der Waals surface area contributed by atoms with Crippen LogP contribution in [0.5, 0.6) is 11.5 Å². The first-order valence-electron chi connectivity index (χ1n) is 9.20. The van der Waals surface area contributed by atoms with E-state index in [4.69, 9.17) is 9.47 Å². The highest BCUT2D eigenvalue weighted by molar-refractivity contribution is 7.90. The summed E-state index contributed by atoms with van der Waals surface area (Å²) in [4.78, 5) is 4.50. The van der Waals surface area contributed by atoms with Gasteiger partial charge in [0.2, 0.25) is 6.79 Å². The van der Waals surface area contributed by atoms with Gasteiger partial charge in [0.1, 0.15) is 0 Å². The minimum absolute atomic E-state index is 0.177. The third kappa shape index (κ3) is 5.04. The average molecular weight is 436 g/mol. The Balaban J connectivity index is 1.58. The van der Waals surface area contributed by atoms with E-state index in [0.29, 0.717) is 34.9 Å². The normalized spacial score (nSPS) is 18.7. The maximum Gasteiger partial charge on any atom is 0.511 e. The van der Waals surface area contributed by atoms with Gasteiger partial charge in [-0.25, -0.2) is 13.4 Å². The number of fused-ring (bicyclic) bond motifs is 1. The second kappa shape index (κ2) is 8.66. The summed E-state index contributed by atoms with van der Waals surface area (Å²) < 4.78 is 72.1. The first-order chi connectivity index (χ1) is 13.7. The molecule has 2 aliphatic heterocycles. The van der Waals surface area contributed by atoms with Gasteiger partial charge in [-0.1, -0.05) is 6.07 Å². The zero-order valence-corrected chi connectivity index (χ0v) is 16.6. The highest BCUT2D eigenvalue weighted by Gasteiger charge is 2.50. The molecule has 1 aromatic rings. The summed E-state index contributed by atoms with van der Waals surface area (Å²) in [6, 6.07) is 5.35. The molecule has 1 saturated heterocycles. The van der Waals surface area contributed by atoms with Crippen molar-refractivity contribution in [3.05, 3.63) is 23.8 Å². The Morgan fingerprint density at radius 2 is 1.93 bits per heavy atom. The second-order valence-corrected chi connectivity index (χ2v) is 8.58. The number of sulfonamides is 1. The molecule has 0 atom stereocenters. The Morgan fingerprint density at radius 1 is 1.24 bits per heavy atom. The van der Waals surface area contributed by atoms with Gasteiger partial charge < -0.3 is 20.1 Å². The van der Waals surface area contributed by atoms with Crippen molar-refractivity contribution in [2.45, 2.75) is 37.9 Å². The molecule has 1 aromatic carbocycles. The monoisotopic (exact) mass is 436 g/mol. The average Bonchev–Trinajstić information content (AvgIpc) is 3.13.